The van der Waals surface area contributed by atoms with E-state index in [-0.39, 0.29) is 17.3 Å². The van der Waals surface area contributed by atoms with Crippen LogP contribution in [0.5, 0.6) is 11.5 Å². The van der Waals surface area contributed by atoms with Gasteiger partial charge in [-0.3, -0.25) is 14.8 Å². The van der Waals surface area contributed by atoms with Crippen molar-refractivity contribution in [3.8, 4) is 11.5 Å². The first kappa shape index (κ1) is 15.2. The smallest absolute Gasteiger partial charge is 0.199 e. The lowest BCUT2D eigenvalue weighted by atomic mass is 10.1. The SMILES string of the molecule is Cc1nc(CC(=O)c2cncc(Oc3cccnc3)c2)sc1F. The van der Waals surface area contributed by atoms with Crippen LogP contribution in [0.3, 0.4) is 0 Å². The van der Waals surface area contributed by atoms with E-state index in [1.54, 1.807) is 37.5 Å². The Morgan fingerprint density at radius 3 is 2.78 bits per heavy atom. The van der Waals surface area contributed by atoms with Crippen LogP contribution >= 0.6 is 11.3 Å². The van der Waals surface area contributed by atoms with Gasteiger partial charge in [0.2, 0.25) is 0 Å². The van der Waals surface area contributed by atoms with Crippen LogP contribution in [0.2, 0.25) is 0 Å². The zero-order valence-corrected chi connectivity index (χ0v) is 13.0. The first-order chi connectivity index (χ1) is 11.1. The van der Waals surface area contributed by atoms with Gasteiger partial charge < -0.3 is 4.74 Å². The van der Waals surface area contributed by atoms with E-state index in [1.165, 1.54) is 12.4 Å². The van der Waals surface area contributed by atoms with E-state index < -0.39 is 0 Å². The highest BCUT2D eigenvalue weighted by molar-refractivity contribution is 7.10. The number of ketones is 1. The number of hydrogen-bond donors (Lipinski definition) is 0. The van der Waals surface area contributed by atoms with Crippen molar-refractivity contribution in [1.82, 2.24) is 15.0 Å². The monoisotopic (exact) mass is 329 g/mol. The van der Waals surface area contributed by atoms with Crippen molar-refractivity contribution in [1.29, 1.82) is 0 Å². The van der Waals surface area contributed by atoms with Gasteiger partial charge in [-0.1, -0.05) is 11.3 Å². The molecule has 0 aromatic carbocycles. The number of carbonyl (C=O) groups excluding carboxylic acids is 1. The summed E-state index contributed by atoms with van der Waals surface area (Å²) >= 11 is 0.886. The van der Waals surface area contributed by atoms with Crippen LogP contribution in [-0.2, 0) is 6.42 Å². The molecule has 7 heteroatoms. The lowest BCUT2D eigenvalue weighted by molar-refractivity contribution is 0.0992. The summed E-state index contributed by atoms with van der Waals surface area (Å²) in [6.07, 6.45) is 6.20. The zero-order chi connectivity index (χ0) is 16.2. The van der Waals surface area contributed by atoms with Crippen molar-refractivity contribution in [2.24, 2.45) is 0 Å². The maximum absolute atomic E-state index is 13.3. The van der Waals surface area contributed by atoms with Crippen molar-refractivity contribution >= 4 is 17.1 Å². The molecular weight excluding hydrogens is 317 g/mol. The Labute approximate surface area is 135 Å². The minimum absolute atomic E-state index is 0.0352. The van der Waals surface area contributed by atoms with Crippen LogP contribution in [-0.4, -0.2) is 20.7 Å². The molecule has 0 atom stereocenters. The number of aromatic nitrogens is 3. The molecule has 3 aromatic heterocycles. The van der Waals surface area contributed by atoms with E-state index in [0.29, 0.717) is 27.8 Å². The highest BCUT2D eigenvalue weighted by atomic mass is 32.1. The fraction of sp³-hybridized carbons (Fsp3) is 0.125. The van der Waals surface area contributed by atoms with Gasteiger partial charge in [-0.2, -0.15) is 4.39 Å². The third-order valence-corrected chi connectivity index (χ3v) is 3.95. The molecule has 116 valence electrons. The minimum Gasteiger partial charge on any atom is -0.454 e. The number of pyridine rings is 2. The van der Waals surface area contributed by atoms with E-state index in [4.69, 9.17) is 4.74 Å². The molecule has 0 saturated carbocycles. The van der Waals surface area contributed by atoms with E-state index in [1.807, 2.05) is 0 Å². The molecule has 3 heterocycles. The minimum atomic E-state index is -0.361. The Kier molecular flexibility index (Phi) is 4.38. The Hall–Kier alpha value is -2.67. The Bertz CT molecular complexity index is 817. The average molecular weight is 329 g/mol. The van der Waals surface area contributed by atoms with Gasteiger partial charge in [0.25, 0.3) is 0 Å². The number of thiazole rings is 1. The largest absolute Gasteiger partial charge is 0.454 e. The molecule has 5 nitrogen and oxygen atoms in total. The van der Waals surface area contributed by atoms with Crippen LogP contribution in [0, 0.1) is 12.1 Å². The van der Waals surface area contributed by atoms with Gasteiger partial charge in [0, 0.05) is 18.0 Å². The second-order valence-electron chi connectivity index (χ2n) is 4.77. The van der Waals surface area contributed by atoms with Crippen LogP contribution in [0.15, 0.2) is 43.0 Å². The fourth-order valence-corrected chi connectivity index (χ4v) is 2.70. The van der Waals surface area contributed by atoms with Crippen molar-refractivity contribution in [3.05, 3.63) is 64.4 Å². The highest BCUT2D eigenvalue weighted by Crippen LogP contribution is 2.22. The topological polar surface area (TPSA) is 65.0 Å². The molecule has 0 unspecified atom stereocenters. The maximum atomic E-state index is 13.3. The Morgan fingerprint density at radius 1 is 1.26 bits per heavy atom. The Balaban J connectivity index is 1.75. The second-order valence-corrected chi connectivity index (χ2v) is 5.80. The number of rotatable bonds is 5. The van der Waals surface area contributed by atoms with Crippen molar-refractivity contribution in [3.63, 3.8) is 0 Å². The predicted molar refractivity (Wildman–Crippen MR) is 83.4 cm³/mol. The molecule has 0 aliphatic rings. The normalized spacial score (nSPS) is 10.5. The zero-order valence-electron chi connectivity index (χ0n) is 12.2. The summed E-state index contributed by atoms with van der Waals surface area (Å²) in [5.41, 5.74) is 0.698. The molecule has 0 fully saturated rings. The molecule has 0 aliphatic carbocycles. The third kappa shape index (κ3) is 3.75. The second kappa shape index (κ2) is 6.62. The van der Waals surface area contributed by atoms with Gasteiger partial charge in [-0.25, -0.2) is 4.98 Å². The summed E-state index contributed by atoms with van der Waals surface area (Å²) in [6, 6.07) is 5.10. The maximum Gasteiger partial charge on any atom is 0.199 e. The van der Waals surface area contributed by atoms with Crippen molar-refractivity contribution in [2.75, 3.05) is 0 Å². The third-order valence-electron chi connectivity index (χ3n) is 3.00. The van der Waals surface area contributed by atoms with E-state index in [0.717, 1.165) is 11.3 Å². The highest BCUT2D eigenvalue weighted by Gasteiger charge is 2.14. The fourth-order valence-electron chi connectivity index (χ4n) is 1.92. The number of aryl methyl sites for hydroxylation is 1. The summed E-state index contributed by atoms with van der Waals surface area (Å²) in [4.78, 5) is 24.3. The van der Waals surface area contributed by atoms with Gasteiger partial charge >= 0.3 is 0 Å². The van der Waals surface area contributed by atoms with Gasteiger partial charge in [0.05, 0.1) is 24.5 Å². The molecule has 0 bridgehead atoms. The van der Waals surface area contributed by atoms with Crippen molar-refractivity contribution < 1.29 is 13.9 Å². The predicted octanol–water partition coefficient (Wildman–Crippen LogP) is 3.60. The van der Waals surface area contributed by atoms with Crippen LogP contribution in [0.25, 0.3) is 0 Å². The Morgan fingerprint density at radius 2 is 2.09 bits per heavy atom. The van der Waals surface area contributed by atoms with E-state index in [2.05, 4.69) is 15.0 Å². The number of Topliss-reactive ketones (excluding diaryl/α,β-unsaturated/α-hetero) is 1. The summed E-state index contributed by atoms with van der Waals surface area (Å²) < 4.78 is 18.9. The van der Waals surface area contributed by atoms with Gasteiger partial charge in [0.1, 0.15) is 16.5 Å². The molecule has 0 N–H and O–H groups in total. The van der Waals surface area contributed by atoms with Crippen LogP contribution in [0.4, 0.5) is 4.39 Å². The lowest BCUT2D eigenvalue weighted by Gasteiger charge is -2.05. The number of halogens is 1. The molecule has 3 rings (SSSR count). The first-order valence-corrected chi connectivity index (χ1v) is 7.61. The molecular formula is C16H12FN3O2S. The van der Waals surface area contributed by atoms with E-state index in [9.17, 15) is 9.18 Å². The molecule has 0 aliphatic heterocycles. The van der Waals surface area contributed by atoms with E-state index >= 15 is 0 Å². The van der Waals surface area contributed by atoms with Crippen LogP contribution in [0.1, 0.15) is 21.1 Å². The first-order valence-electron chi connectivity index (χ1n) is 6.80. The molecule has 0 amide bonds. The number of hydrogen-bond acceptors (Lipinski definition) is 6. The molecule has 3 aromatic rings. The van der Waals surface area contributed by atoms with Crippen LogP contribution < -0.4 is 4.74 Å². The number of ether oxygens (including phenoxy) is 1. The molecule has 0 saturated heterocycles. The van der Waals surface area contributed by atoms with Gasteiger partial charge in [-0.05, 0) is 25.1 Å². The summed E-state index contributed by atoms with van der Waals surface area (Å²) in [6.45, 7) is 1.57. The average Bonchev–Trinajstić information content (AvgIpc) is 2.86. The van der Waals surface area contributed by atoms with Crippen molar-refractivity contribution in [2.45, 2.75) is 13.3 Å². The number of nitrogens with zero attached hydrogens (tertiary/aromatic N) is 3. The lowest BCUT2D eigenvalue weighted by Crippen LogP contribution is -2.04. The van der Waals surface area contributed by atoms with Gasteiger partial charge in [-0.15, -0.1) is 0 Å². The molecule has 0 radical (unpaired) electrons. The molecule has 0 spiro atoms. The summed E-state index contributed by atoms with van der Waals surface area (Å²) in [5.74, 6) is 0.796. The summed E-state index contributed by atoms with van der Waals surface area (Å²) in [7, 11) is 0. The molecule has 23 heavy (non-hydrogen) atoms. The summed E-state index contributed by atoms with van der Waals surface area (Å²) in [5, 5.41) is 0.0863. The number of carbonyl (C=O) groups is 1. The standard InChI is InChI=1S/C16H12FN3O2S/c1-10-16(17)23-15(20-10)6-14(21)11-5-13(9-19-7-11)22-12-3-2-4-18-8-12/h2-5,7-9H,6H2,1H3. The van der Waals surface area contributed by atoms with Gasteiger partial charge in [0.15, 0.2) is 10.9 Å². The quantitative estimate of drug-likeness (QED) is 0.669.